The van der Waals surface area contributed by atoms with Gasteiger partial charge in [0.05, 0.1) is 31.0 Å². The lowest BCUT2D eigenvalue weighted by Crippen LogP contribution is -2.54. The van der Waals surface area contributed by atoms with Gasteiger partial charge in [-0.3, -0.25) is 4.79 Å². The first kappa shape index (κ1) is 18.6. The van der Waals surface area contributed by atoms with E-state index in [0.29, 0.717) is 37.7 Å². The van der Waals surface area contributed by atoms with E-state index in [1.165, 1.54) is 0 Å². The van der Waals surface area contributed by atoms with Crippen molar-refractivity contribution >= 4 is 5.97 Å². The minimum absolute atomic E-state index is 0.0433. The lowest BCUT2D eigenvalue weighted by atomic mass is 9.55. The number of rotatable bonds is 0. The van der Waals surface area contributed by atoms with Crippen LogP contribution in [0, 0.1) is 17.3 Å². The highest BCUT2D eigenvalue weighted by Gasteiger charge is 2.68. The van der Waals surface area contributed by atoms with E-state index in [1.807, 2.05) is 6.08 Å². The Bertz CT molecular complexity index is 775. The quantitative estimate of drug-likeness (QED) is 0.420. The maximum atomic E-state index is 13.1. The number of esters is 1. The summed E-state index contributed by atoms with van der Waals surface area (Å²) in [5, 5.41) is 31.9. The van der Waals surface area contributed by atoms with Crippen LogP contribution in [0.25, 0.3) is 0 Å². The van der Waals surface area contributed by atoms with Crippen LogP contribution < -0.4 is 0 Å². The molecule has 0 amide bonds. The summed E-state index contributed by atoms with van der Waals surface area (Å²) in [4.78, 5) is 13.1. The third kappa shape index (κ3) is 2.22. The second kappa shape index (κ2) is 5.81. The molecule has 5 aliphatic rings. The molecule has 8 atom stereocenters. The number of hydrogen-bond acceptors (Lipinski definition) is 7. The number of fused-ring (bicyclic) bond motifs is 3. The molecule has 0 bridgehead atoms. The molecule has 28 heavy (non-hydrogen) atoms. The Hall–Kier alpha value is -1.41. The molecule has 7 heteroatoms. The normalized spacial score (nSPS) is 52.6. The van der Waals surface area contributed by atoms with Crippen LogP contribution in [0.4, 0.5) is 0 Å². The van der Waals surface area contributed by atoms with Crippen LogP contribution in [-0.2, 0) is 19.0 Å². The number of aliphatic hydroxyl groups is 3. The molecule has 3 fully saturated rings. The van der Waals surface area contributed by atoms with E-state index in [0.717, 1.165) is 5.57 Å². The largest absolute Gasteiger partial charge is 0.466 e. The maximum absolute atomic E-state index is 13.1. The van der Waals surface area contributed by atoms with Gasteiger partial charge in [-0.25, -0.2) is 0 Å². The van der Waals surface area contributed by atoms with Gasteiger partial charge in [0.1, 0.15) is 0 Å². The minimum Gasteiger partial charge on any atom is -0.466 e. The molecule has 1 saturated carbocycles. The van der Waals surface area contributed by atoms with Gasteiger partial charge >= 0.3 is 5.97 Å². The standard InChI is InChI=1S/C21H28O7/c1-19-8-16(23)15(22)7-11(19)3-5-13-14(19)6-4-12-9-26-20(2)21(12,25)17(10-27-20)28-18(13)24/h3,9,13-17,22-23,25H,4-8,10H2,1-2H3/t13-,14+,15-,16-,17-,19+,20+,21+/m1/s1. The monoisotopic (exact) mass is 392 g/mol. The van der Waals surface area contributed by atoms with Gasteiger partial charge in [0.15, 0.2) is 11.7 Å². The van der Waals surface area contributed by atoms with Crippen molar-refractivity contribution in [3.8, 4) is 0 Å². The van der Waals surface area contributed by atoms with E-state index in [2.05, 4.69) is 6.92 Å². The first-order valence-electron chi connectivity index (χ1n) is 10.2. The number of carbonyl (C=O) groups is 1. The molecular formula is C21H28O7. The second-order valence-electron chi connectivity index (χ2n) is 9.39. The van der Waals surface area contributed by atoms with Crippen LogP contribution in [0.1, 0.15) is 46.0 Å². The zero-order valence-corrected chi connectivity index (χ0v) is 16.3. The van der Waals surface area contributed by atoms with E-state index < -0.39 is 29.7 Å². The summed E-state index contributed by atoms with van der Waals surface area (Å²) in [5.74, 6) is -1.95. The van der Waals surface area contributed by atoms with E-state index in [1.54, 1.807) is 13.2 Å². The van der Waals surface area contributed by atoms with Crippen molar-refractivity contribution in [3.63, 3.8) is 0 Å². The first-order valence-corrected chi connectivity index (χ1v) is 10.2. The zero-order valence-electron chi connectivity index (χ0n) is 16.3. The first-order chi connectivity index (χ1) is 13.2. The highest BCUT2D eigenvalue weighted by Crippen LogP contribution is 2.57. The Morgan fingerprint density at radius 2 is 1.96 bits per heavy atom. The van der Waals surface area contributed by atoms with Crippen LogP contribution in [0.2, 0.25) is 0 Å². The average molecular weight is 392 g/mol. The van der Waals surface area contributed by atoms with Crippen LogP contribution in [0.5, 0.6) is 0 Å². The van der Waals surface area contributed by atoms with E-state index >= 15 is 0 Å². The fraction of sp³-hybridized carbons (Fsp3) is 0.762. The summed E-state index contributed by atoms with van der Waals surface area (Å²) >= 11 is 0. The lowest BCUT2D eigenvalue weighted by Gasteiger charge is -2.50. The van der Waals surface area contributed by atoms with Gasteiger partial charge < -0.3 is 29.5 Å². The third-order valence-electron chi connectivity index (χ3n) is 8.03. The molecule has 0 spiro atoms. The molecule has 0 aromatic rings. The summed E-state index contributed by atoms with van der Waals surface area (Å²) in [6.45, 7) is 3.85. The van der Waals surface area contributed by atoms with E-state index in [9.17, 15) is 20.1 Å². The number of allylic oxidation sites excluding steroid dienone is 1. The number of aliphatic hydroxyl groups excluding tert-OH is 2. The van der Waals surface area contributed by atoms with Gasteiger partial charge in [0.25, 0.3) is 0 Å². The molecule has 3 heterocycles. The zero-order chi connectivity index (χ0) is 19.9. The number of ether oxygens (including phenoxy) is 3. The van der Waals surface area contributed by atoms with Crippen molar-refractivity contribution in [2.45, 2.75) is 75.7 Å². The SMILES string of the molecule is C[C@]12OC=C3CC[C@H]4[C@@H](CC=C5C[C@@H](O)[C@H](O)C[C@@]54C)C(=O)O[C@H](CO1)[C@@]32O. The van der Waals surface area contributed by atoms with Gasteiger partial charge in [-0.2, -0.15) is 0 Å². The number of carbonyl (C=O) groups excluding carboxylic acids is 1. The van der Waals surface area contributed by atoms with E-state index in [-0.39, 0.29) is 29.8 Å². The molecule has 0 radical (unpaired) electrons. The predicted molar refractivity (Wildman–Crippen MR) is 96.6 cm³/mol. The Morgan fingerprint density at radius 1 is 1.18 bits per heavy atom. The highest BCUT2D eigenvalue weighted by molar-refractivity contribution is 5.74. The van der Waals surface area contributed by atoms with Gasteiger partial charge in [0, 0.05) is 12.5 Å². The van der Waals surface area contributed by atoms with Crippen molar-refractivity contribution in [1.82, 2.24) is 0 Å². The van der Waals surface area contributed by atoms with Crippen LogP contribution in [0.15, 0.2) is 23.5 Å². The Kier molecular flexibility index (Phi) is 3.86. The fourth-order valence-electron chi connectivity index (χ4n) is 6.22. The van der Waals surface area contributed by atoms with Crippen molar-refractivity contribution in [2.24, 2.45) is 17.3 Å². The summed E-state index contributed by atoms with van der Waals surface area (Å²) in [7, 11) is 0. The molecular weight excluding hydrogens is 364 g/mol. The van der Waals surface area contributed by atoms with Crippen LogP contribution >= 0.6 is 0 Å². The van der Waals surface area contributed by atoms with Gasteiger partial charge in [-0.05, 0) is 43.4 Å². The van der Waals surface area contributed by atoms with Crippen LogP contribution in [0.3, 0.4) is 0 Å². The summed E-state index contributed by atoms with van der Waals surface area (Å²) in [5.41, 5.74) is -0.0534. The Morgan fingerprint density at radius 3 is 2.75 bits per heavy atom. The predicted octanol–water partition coefficient (Wildman–Crippen LogP) is 1.17. The molecule has 5 rings (SSSR count). The van der Waals surface area contributed by atoms with Gasteiger partial charge in [-0.15, -0.1) is 0 Å². The molecule has 0 unspecified atom stereocenters. The second-order valence-corrected chi connectivity index (χ2v) is 9.39. The maximum Gasteiger partial charge on any atom is 0.310 e. The fourth-order valence-corrected chi connectivity index (χ4v) is 6.22. The van der Waals surface area contributed by atoms with Gasteiger partial charge in [0.2, 0.25) is 5.79 Å². The smallest absolute Gasteiger partial charge is 0.310 e. The molecule has 2 aliphatic carbocycles. The minimum atomic E-state index is -1.48. The topological polar surface area (TPSA) is 105 Å². The molecule has 3 N–H and O–H groups in total. The average Bonchev–Trinajstić information content (AvgIpc) is 3.04. The molecule has 2 saturated heterocycles. The Balaban J connectivity index is 1.53. The van der Waals surface area contributed by atoms with Crippen molar-refractivity contribution in [3.05, 3.63) is 23.5 Å². The molecule has 3 aliphatic heterocycles. The molecule has 0 aromatic carbocycles. The van der Waals surface area contributed by atoms with Crippen LogP contribution in [-0.4, -0.2) is 57.6 Å². The van der Waals surface area contributed by atoms with Crippen molar-refractivity contribution in [2.75, 3.05) is 6.61 Å². The third-order valence-corrected chi connectivity index (χ3v) is 8.03. The van der Waals surface area contributed by atoms with Gasteiger partial charge in [-0.1, -0.05) is 18.6 Å². The van der Waals surface area contributed by atoms with Crippen molar-refractivity contribution < 1.29 is 34.3 Å². The Labute approximate surface area is 164 Å². The highest BCUT2D eigenvalue weighted by atomic mass is 16.7. The molecule has 7 nitrogen and oxygen atoms in total. The molecule has 0 aromatic heterocycles. The summed E-state index contributed by atoms with van der Waals surface area (Å²) in [6, 6.07) is 0. The van der Waals surface area contributed by atoms with Crippen molar-refractivity contribution in [1.29, 1.82) is 0 Å². The summed E-state index contributed by atoms with van der Waals surface area (Å²) in [6.07, 6.45) is 3.86. The summed E-state index contributed by atoms with van der Waals surface area (Å²) < 4.78 is 17.1. The number of hydrogen-bond donors (Lipinski definition) is 3. The molecule has 154 valence electrons. The lowest BCUT2D eigenvalue weighted by molar-refractivity contribution is -0.222. The van der Waals surface area contributed by atoms with E-state index in [4.69, 9.17) is 14.2 Å².